The molecule has 5 rings (SSSR count). The summed E-state index contributed by atoms with van der Waals surface area (Å²) in [7, 11) is 0. The van der Waals surface area contributed by atoms with Crippen molar-refractivity contribution in [2.24, 2.45) is 16.7 Å². The van der Waals surface area contributed by atoms with Crippen LogP contribution in [0.3, 0.4) is 0 Å². The van der Waals surface area contributed by atoms with Crippen LogP contribution in [0.2, 0.25) is 0 Å². The van der Waals surface area contributed by atoms with Gasteiger partial charge in [0.15, 0.2) is 0 Å². The second-order valence-corrected chi connectivity index (χ2v) is 10.6. The third-order valence-corrected chi connectivity index (χ3v) is 9.30. The summed E-state index contributed by atoms with van der Waals surface area (Å²) in [5.41, 5.74) is 3.22. The smallest absolute Gasteiger partial charge is 0.147 e. The number of aryl methyl sites for hydroxylation is 1. The molecule has 0 spiro atoms. The first-order valence-corrected chi connectivity index (χ1v) is 11.5. The van der Waals surface area contributed by atoms with E-state index in [9.17, 15) is 0 Å². The van der Waals surface area contributed by atoms with Gasteiger partial charge in [-0.3, -0.25) is 0 Å². The molecule has 0 radical (unpaired) electrons. The Bertz CT molecular complexity index is 853. The van der Waals surface area contributed by atoms with E-state index in [0.717, 1.165) is 36.7 Å². The second kappa shape index (κ2) is 6.35. The maximum absolute atomic E-state index is 6.92. The van der Waals surface area contributed by atoms with Crippen LogP contribution in [0.15, 0.2) is 34.7 Å². The van der Waals surface area contributed by atoms with E-state index >= 15 is 0 Å². The maximum atomic E-state index is 6.92. The van der Waals surface area contributed by atoms with E-state index in [0.29, 0.717) is 16.9 Å². The zero-order chi connectivity index (χ0) is 18.8. The Balaban J connectivity index is 1.47. The van der Waals surface area contributed by atoms with Crippen molar-refractivity contribution in [3.8, 4) is 11.3 Å². The molecule has 1 heterocycles. The summed E-state index contributed by atoms with van der Waals surface area (Å²) >= 11 is 2.48. The molecule has 2 aromatic rings. The standard InChI is InChI=1S/C24H29IO2/c1-23(2)16-12-13-24(23,3)19(14-16)26-17-10-7-11-18-20(17)21(25)22(27-18)15-8-5-4-6-9-15/h4-6,8-9,16-17,19H,7,10-14H2,1-3H3/t16-,17?,19+,24+/m0/s1. The van der Waals surface area contributed by atoms with Crippen LogP contribution in [-0.2, 0) is 11.2 Å². The van der Waals surface area contributed by atoms with Gasteiger partial charge in [-0.25, -0.2) is 0 Å². The molecule has 0 saturated heterocycles. The first-order valence-electron chi connectivity index (χ1n) is 10.4. The first kappa shape index (κ1) is 18.2. The molecule has 2 nitrogen and oxygen atoms in total. The lowest BCUT2D eigenvalue weighted by molar-refractivity contribution is -0.0937. The Kier molecular flexibility index (Phi) is 4.29. The molecule has 1 unspecified atom stereocenters. The summed E-state index contributed by atoms with van der Waals surface area (Å²) in [5, 5.41) is 0. The fourth-order valence-corrected chi connectivity index (χ4v) is 7.08. The Labute approximate surface area is 176 Å². The molecule has 0 N–H and O–H groups in total. The van der Waals surface area contributed by atoms with E-state index in [1.807, 2.05) is 0 Å². The van der Waals surface area contributed by atoms with Crippen LogP contribution in [0.4, 0.5) is 0 Å². The molecular weight excluding hydrogens is 447 g/mol. The van der Waals surface area contributed by atoms with Crippen LogP contribution in [0.25, 0.3) is 11.3 Å². The van der Waals surface area contributed by atoms with Crippen molar-refractivity contribution in [2.75, 3.05) is 0 Å². The van der Waals surface area contributed by atoms with Gasteiger partial charge in [0.25, 0.3) is 0 Å². The van der Waals surface area contributed by atoms with Gasteiger partial charge >= 0.3 is 0 Å². The van der Waals surface area contributed by atoms with E-state index < -0.39 is 0 Å². The quantitative estimate of drug-likeness (QED) is 0.439. The number of hydrogen-bond donors (Lipinski definition) is 0. The molecule has 27 heavy (non-hydrogen) atoms. The van der Waals surface area contributed by atoms with Crippen LogP contribution < -0.4 is 0 Å². The van der Waals surface area contributed by atoms with Gasteiger partial charge in [-0.05, 0) is 71.4 Å². The predicted octanol–water partition coefficient (Wildman–Crippen LogP) is 7.16. The van der Waals surface area contributed by atoms with E-state index in [2.05, 4.69) is 73.7 Å². The van der Waals surface area contributed by atoms with Crippen LogP contribution in [-0.4, -0.2) is 6.10 Å². The molecule has 0 amide bonds. The monoisotopic (exact) mass is 476 g/mol. The van der Waals surface area contributed by atoms with Crippen molar-refractivity contribution in [1.29, 1.82) is 0 Å². The topological polar surface area (TPSA) is 22.4 Å². The average Bonchev–Trinajstić information content (AvgIpc) is 3.18. The van der Waals surface area contributed by atoms with E-state index in [-0.39, 0.29) is 6.10 Å². The lowest BCUT2D eigenvalue weighted by Gasteiger charge is -2.40. The van der Waals surface area contributed by atoms with Crippen molar-refractivity contribution in [3.05, 3.63) is 45.2 Å². The Morgan fingerprint density at radius 1 is 1.11 bits per heavy atom. The van der Waals surface area contributed by atoms with E-state index in [1.54, 1.807) is 0 Å². The first-order chi connectivity index (χ1) is 12.9. The Morgan fingerprint density at radius 3 is 2.56 bits per heavy atom. The molecule has 3 aliphatic carbocycles. The van der Waals surface area contributed by atoms with Crippen LogP contribution in [0.5, 0.6) is 0 Å². The molecule has 2 bridgehead atoms. The summed E-state index contributed by atoms with van der Waals surface area (Å²) in [6.07, 6.45) is 7.81. The molecule has 144 valence electrons. The van der Waals surface area contributed by atoms with Crippen molar-refractivity contribution >= 4 is 22.6 Å². The van der Waals surface area contributed by atoms with Gasteiger partial charge in [-0.1, -0.05) is 51.1 Å². The van der Waals surface area contributed by atoms with Crippen molar-refractivity contribution in [2.45, 2.75) is 71.5 Å². The highest BCUT2D eigenvalue weighted by atomic mass is 127. The van der Waals surface area contributed by atoms with Gasteiger partial charge in [0.05, 0.1) is 15.8 Å². The van der Waals surface area contributed by atoms with Gasteiger partial charge < -0.3 is 9.15 Å². The lowest BCUT2D eigenvalue weighted by Crippen LogP contribution is -2.38. The fourth-order valence-electron chi connectivity index (χ4n) is 6.01. The maximum Gasteiger partial charge on any atom is 0.147 e. The lowest BCUT2D eigenvalue weighted by atomic mass is 9.70. The molecule has 2 saturated carbocycles. The van der Waals surface area contributed by atoms with Crippen LogP contribution >= 0.6 is 22.6 Å². The number of benzene rings is 1. The highest BCUT2D eigenvalue weighted by Crippen LogP contribution is 2.67. The highest BCUT2D eigenvalue weighted by Gasteiger charge is 2.62. The van der Waals surface area contributed by atoms with Gasteiger partial charge in [-0.15, -0.1) is 0 Å². The molecule has 4 atom stereocenters. The summed E-state index contributed by atoms with van der Waals surface area (Å²) in [5.74, 6) is 3.00. The van der Waals surface area contributed by atoms with E-state index in [4.69, 9.17) is 9.15 Å². The molecule has 0 aliphatic heterocycles. The number of hydrogen-bond acceptors (Lipinski definition) is 2. The summed E-state index contributed by atoms with van der Waals surface area (Å²) < 4.78 is 14.5. The third kappa shape index (κ3) is 2.60. The third-order valence-electron chi connectivity index (χ3n) is 8.23. The SMILES string of the molecule is CC1(C)[C@H]2CC[C@]1(C)[C@H](OC1CCCc3oc(-c4ccccc4)c(I)c31)C2. The molecule has 1 aromatic carbocycles. The summed E-state index contributed by atoms with van der Waals surface area (Å²) in [6.45, 7) is 7.41. The highest BCUT2D eigenvalue weighted by molar-refractivity contribution is 14.1. The van der Waals surface area contributed by atoms with Crippen molar-refractivity contribution in [3.63, 3.8) is 0 Å². The van der Waals surface area contributed by atoms with Gasteiger partial charge in [-0.2, -0.15) is 0 Å². The van der Waals surface area contributed by atoms with E-state index in [1.165, 1.54) is 34.0 Å². The number of rotatable bonds is 3. The molecule has 1 aromatic heterocycles. The van der Waals surface area contributed by atoms with Crippen LogP contribution in [0.1, 0.15) is 70.3 Å². The van der Waals surface area contributed by atoms with Crippen LogP contribution in [0, 0.1) is 20.3 Å². The Morgan fingerprint density at radius 2 is 1.89 bits per heavy atom. The average molecular weight is 476 g/mol. The fraction of sp³-hybridized carbons (Fsp3) is 0.583. The number of ether oxygens (including phenoxy) is 1. The predicted molar refractivity (Wildman–Crippen MR) is 117 cm³/mol. The van der Waals surface area contributed by atoms with Gasteiger partial charge in [0.2, 0.25) is 0 Å². The molecule has 3 aliphatic rings. The van der Waals surface area contributed by atoms with Gasteiger partial charge in [0.1, 0.15) is 11.5 Å². The summed E-state index contributed by atoms with van der Waals surface area (Å²) in [4.78, 5) is 0. The zero-order valence-electron chi connectivity index (χ0n) is 16.6. The van der Waals surface area contributed by atoms with Crippen molar-refractivity contribution < 1.29 is 9.15 Å². The van der Waals surface area contributed by atoms with Gasteiger partial charge in [0, 0.05) is 17.5 Å². The van der Waals surface area contributed by atoms with Crippen molar-refractivity contribution in [1.82, 2.24) is 0 Å². The second-order valence-electron chi connectivity index (χ2n) is 9.56. The molecule has 2 fully saturated rings. The largest absolute Gasteiger partial charge is 0.460 e. The number of furan rings is 1. The minimum Gasteiger partial charge on any atom is -0.460 e. The minimum absolute atomic E-state index is 0.193. The number of fused-ring (bicyclic) bond motifs is 3. The Hall–Kier alpha value is -0.810. The minimum atomic E-state index is 0.193. The number of halogens is 1. The summed E-state index contributed by atoms with van der Waals surface area (Å²) in [6, 6.07) is 10.5. The molecule has 3 heteroatoms. The normalized spacial score (nSPS) is 34.0. The zero-order valence-corrected chi connectivity index (χ0v) is 18.7. The molecular formula is C24H29IO2.